The van der Waals surface area contributed by atoms with Crippen molar-refractivity contribution in [2.75, 3.05) is 50.6 Å². The number of benzene rings is 1. The number of aromatic nitrogens is 2. The Bertz CT molecular complexity index is 854. The van der Waals surface area contributed by atoms with Crippen LogP contribution in [0.1, 0.15) is 10.5 Å². The molecule has 11 nitrogen and oxygen atoms in total. The molecule has 0 atom stereocenters. The van der Waals surface area contributed by atoms with Crippen LogP contribution in [-0.2, 0) is 9.47 Å². The molecule has 5 N–H and O–H groups in total. The maximum absolute atomic E-state index is 12.5. The standard InChI is InChI=1S/C18H22BrN5O6/c19-14-11-22-16(20)15(24-14)17(26)23-12-3-1-2-4-13(12)29-9-7-28-8-10-30-18(27)21-5-6-25/h1-4,11,25H,5-10H2,(H2,20,22)(H,21,27)(H,23,26). The van der Waals surface area contributed by atoms with Crippen LogP contribution in [0.3, 0.4) is 0 Å². The van der Waals surface area contributed by atoms with Gasteiger partial charge >= 0.3 is 6.09 Å². The lowest BCUT2D eigenvalue weighted by Gasteiger charge is -2.13. The zero-order valence-corrected chi connectivity index (χ0v) is 17.6. The van der Waals surface area contributed by atoms with E-state index >= 15 is 0 Å². The van der Waals surface area contributed by atoms with Crippen LogP contribution >= 0.6 is 15.9 Å². The van der Waals surface area contributed by atoms with E-state index in [0.717, 1.165) is 0 Å². The van der Waals surface area contributed by atoms with Crippen LogP contribution < -0.4 is 21.1 Å². The second-order valence-electron chi connectivity index (χ2n) is 5.62. The third-order valence-electron chi connectivity index (χ3n) is 3.45. The molecule has 0 aliphatic heterocycles. The van der Waals surface area contributed by atoms with Gasteiger partial charge in [-0.1, -0.05) is 12.1 Å². The molecule has 2 amide bonds. The minimum Gasteiger partial charge on any atom is -0.489 e. The predicted octanol–water partition coefficient (Wildman–Crippen LogP) is 1.19. The monoisotopic (exact) mass is 483 g/mol. The lowest BCUT2D eigenvalue weighted by molar-refractivity contribution is 0.0575. The van der Waals surface area contributed by atoms with Gasteiger partial charge in [0.1, 0.15) is 23.6 Å². The number of halogens is 1. The number of alkyl carbamates (subject to hydrolysis) is 1. The van der Waals surface area contributed by atoms with E-state index in [-0.39, 0.29) is 51.1 Å². The van der Waals surface area contributed by atoms with E-state index in [1.807, 2.05) is 0 Å². The second kappa shape index (κ2) is 12.6. The molecule has 0 saturated carbocycles. The SMILES string of the molecule is Nc1ncc(Br)nc1C(=O)Nc1ccccc1OCCOCCOC(=O)NCCO. The highest BCUT2D eigenvalue weighted by Gasteiger charge is 2.15. The molecule has 2 rings (SSSR count). The van der Waals surface area contributed by atoms with Crippen molar-refractivity contribution in [1.82, 2.24) is 15.3 Å². The number of anilines is 2. The summed E-state index contributed by atoms with van der Waals surface area (Å²) >= 11 is 3.15. The van der Waals surface area contributed by atoms with Crippen molar-refractivity contribution in [1.29, 1.82) is 0 Å². The zero-order valence-electron chi connectivity index (χ0n) is 16.0. The number of hydrogen-bond acceptors (Lipinski definition) is 9. The number of nitrogens with one attached hydrogen (secondary N) is 2. The first-order valence-electron chi connectivity index (χ1n) is 8.91. The Labute approximate surface area is 181 Å². The molecule has 0 bridgehead atoms. The second-order valence-corrected chi connectivity index (χ2v) is 6.44. The summed E-state index contributed by atoms with van der Waals surface area (Å²) in [5.41, 5.74) is 6.14. The lowest BCUT2D eigenvalue weighted by atomic mass is 10.2. The van der Waals surface area contributed by atoms with E-state index in [2.05, 4.69) is 36.5 Å². The van der Waals surface area contributed by atoms with Crippen LogP contribution in [-0.4, -0.2) is 66.7 Å². The molecule has 2 aromatic rings. The number of carbonyl (C=O) groups is 2. The number of amides is 2. The molecule has 162 valence electrons. The smallest absolute Gasteiger partial charge is 0.407 e. The Kier molecular flexibility index (Phi) is 9.77. The number of rotatable bonds is 11. The van der Waals surface area contributed by atoms with Crippen LogP contribution in [0.2, 0.25) is 0 Å². The Hall–Kier alpha value is -2.96. The van der Waals surface area contributed by atoms with E-state index in [9.17, 15) is 9.59 Å². The molecule has 1 heterocycles. The maximum Gasteiger partial charge on any atom is 0.407 e. The highest BCUT2D eigenvalue weighted by Crippen LogP contribution is 2.24. The van der Waals surface area contributed by atoms with E-state index in [0.29, 0.717) is 16.0 Å². The molecule has 0 spiro atoms. The molecule has 1 aromatic carbocycles. The third-order valence-corrected chi connectivity index (χ3v) is 3.83. The summed E-state index contributed by atoms with van der Waals surface area (Å²) in [6.45, 7) is 0.684. The first-order valence-corrected chi connectivity index (χ1v) is 9.71. The minimum atomic E-state index is -0.621. The fourth-order valence-electron chi connectivity index (χ4n) is 2.14. The van der Waals surface area contributed by atoms with Crippen LogP contribution in [0.25, 0.3) is 0 Å². The van der Waals surface area contributed by atoms with Gasteiger partial charge in [0.2, 0.25) is 0 Å². The Morgan fingerprint density at radius 2 is 1.93 bits per heavy atom. The van der Waals surface area contributed by atoms with Crippen LogP contribution in [0, 0.1) is 0 Å². The zero-order chi connectivity index (χ0) is 21.8. The predicted molar refractivity (Wildman–Crippen MR) is 111 cm³/mol. The van der Waals surface area contributed by atoms with E-state index < -0.39 is 12.0 Å². The van der Waals surface area contributed by atoms with E-state index in [1.165, 1.54) is 6.20 Å². The molecule has 12 heteroatoms. The number of nitrogens with zero attached hydrogens (tertiary/aromatic N) is 2. The fourth-order valence-corrected chi connectivity index (χ4v) is 2.42. The van der Waals surface area contributed by atoms with Gasteiger partial charge in [-0.3, -0.25) is 4.79 Å². The minimum absolute atomic E-state index is 0.00876. The molecule has 1 aromatic heterocycles. The number of ether oxygens (including phenoxy) is 3. The Morgan fingerprint density at radius 1 is 1.17 bits per heavy atom. The molecule has 0 aliphatic carbocycles. The summed E-state index contributed by atoms with van der Waals surface area (Å²) in [6, 6.07) is 6.88. The largest absolute Gasteiger partial charge is 0.489 e. The summed E-state index contributed by atoms with van der Waals surface area (Å²) in [5, 5.41) is 13.6. The molecule has 0 radical (unpaired) electrons. The number of nitrogens with two attached hydrogens (primary N) is 1. The van der Waals surface area contributed by atoms with Crippen molar-refractivity contribution >= 4 is 39.4 Å². The molecule has 0 unspecified atom stereocenters. The van der Waals surface area contributed by atoms with Crippen molar-refractivity contribution in [2.45, 2.75) is 0 Å². The molecule has 0 fully saturated rings. The maximum atomic E-state index is 12.5. The van der Waals surface area contributed by atoms with Crippen molar-refractivity contribution in [3.05, 3.63) is 40.8 Å². The van der Waals surface area contributed by atoms with Crippen molar-refractivity contribution < 1.29 is 28.9 Å². The van der Waals surface area contributed by atoms with Gasteiger partial charge in [-0.2, -0.15) is 0 Å². The molecule has 0 aliphatic rings. The van der Waals surface area contributed by atoms with Crippen molar-refractivity contribution in [3.8, 4) is 5.75 Å². The Morgan fingerprint density at radius 3 is 2.73 bits per heavy atom. The normalized spacial score (nSPS) is 10.3. The van der Waals surface area contributed by atoms with Gasteiger partial charge in [0.15, 0.2) is 11.5 Å². The highest BCUT2D eigenvalue weighted by molar-refractivity contribution is 9.10. The lowest BCUT2D eigenvalue weighted by Crippen LogP contribution is -2.28. The number of carbonyl (C=O) groups excluding carboxylic acids is 2. The average Bonchev–Trinajstić information content (AvgIpc) is 2.74. The highest BCUT2D eigenvalue weighted by atomic mass is 79.9. The van der Waals surface area contributed by atoms with Crippen LogP contribution in [0.5, 0.6) is 5.75 Å². The van der Waals surface area contributed by atoms with Crippen LogP contribution in [0.15, 0.2) is 35.1 Å². The first kappa shape index (κ1) is 23.3. The molecule has 0 saturated heterocycles. The van der Waals surface area contributed by atoms with Crippen molar-refractivity contribution in [2.24, 2.45) is 0 Å². The van der Waals surface area contributed by atoms with Gasteiger partial charge < -0.3 is 35.7 Å². The van der Waals surface area contributed by atoms with Crippen molar-refractivity contribution in [3.63, 3.8) is 0 Å². The van der Waals surface area contributed by atoms with Gasteiger partial charge in [-0.15, -0.1) is 0 Å². The summed E-state index contributed by atoms with van der Waals surface area (Å²) in [5.74, 6) is -0.0735. The number of aliphatic hydroxyl groups is 1. The van der Waals surface area contributed by atoms with Gasteiger partial charge in [0.25, 0.3) is 5.91 Å². The third kappa shape index (κ3) is 7.81. The fraction of sp³-hybridized carbons (Fsp3) is 0.333. The van der Waals surface area contributed by atoms with Gasteiger partial charge in [-0.05, 0) is 28.1 Å². The number of para-hydroxylation sites is 2. The quantitative estimate of drug-likeness (QED) is 0.344. The van der Waals surface area contributed by atoms with Gasteiger partial charge in [0, 0.05) is 6.54 Å². The number of hydrogen-bond donors (Lipinski definition) is 4. The summed E-state index contributed by atoms with van der Waals surface area (Å²) in [7, 11) is 0. The average molecular weight is 484 g/mol. The van der Waals surface area contributed by atoms with E-state index in [4.69, 9.17) is 25.1 Å². The van der Waals surface area contributed by atoms with Gasteiger partial charge in [0.05, 0.1) is 31.7 Å². The first-order chi connectivity index (χ1) is 14.5. The Balaban J connectivity index is 1.77. The van der Waals surface area contributed by atoms with Gasteiger partial charge in [-0.25, -0.2) is 14.8 Å². The van der Waals surface area contributed by atoms with E-state index in [1.54, 1.807) is 24.3 Å². The molecule has 30 heavy (non-hydrogen) atoms. The summed E-state index contributed by atoms with van der Waals surface area (Å²) < 4.78 is 16.2. The summed E-state index contributed by atoms with van der Waals surface area (Å²) in [6.07, 6.45) is 0.778. The topological polar surface area (TPSA) is 158 Å². The number of aliphatic hydroxyl groups excluding tert-OH is 1. The van der Waals surface area contributed by atoms with Crippen LogP contribution in [0.4, 0.5) is 16.3 Å². The molecular weight excluding hydrogens is 462 g/mol. The summed E-state index contributed by atoms with van der Waals surface area (Å²) in [4.78, 5) is 31.5. The number of nitrogen functional groups attached to an aromatic ring is 1. The molecular formula is C18H22BrN5O6.